The molecule has 3 rings (SSSR count). The van der Waals surface area contributed by atoms with Gasteiger partial charge in [0.05, 0.1) is 40.4 Å². The summed E-state index contributed by atoms with van der Waals surface area (Å²) in [5.74, 6) is 2.05. The fourth-order valence-electron chi connectivity index (χ4n) is 3.41. The van der Waals surface area contributed by atoms with Gasteiger partial charge < -0.3 is 29.4 Å². The topological polar surface area (TPSA) is 118 Å². The van der Waals surface area contributed by atoms with Crippen LogP contribution >= 0.6 is 0 Å². The van der Waals surface area contributed by atoms with Crippen LogP contribution in [0.2, 0.25) is 0 Å². The molecule has 9 nitrogen and oxygen atoms in total. The second kappa shape index (κ2) is 10.9. The molecule has 0 aliphatic heterocycles. The molecule has 3 aromatic carbocycles. The lowest BCUT2D eigenvalue weighted by Crippen LogP contribution is -2.15. The average molecular weight is 501 g/mol. The number of nitrogens with one attached hydrogen (secondary N) is 1. The van der Waals surface area contributed by atoms with Crippen LogP contribution in [-0.2, 0) is 10.0 Å². The molecule has 0 amide bonds. The monoisotopic (exact) mass is 500 g/mol. The van der Waals surface area contributed by atoms with E-state index in [-0.39, 0.29) is 16.3 Å². The molecular formula is C25H28N2O7S. The Labute approximate surface area is 205 Å². The normalized spacial score (nSPS) is 11.2. The zero-order valence-electron chi connectivity index (χ0n) is 20.1. The first kappa shape index (κ1) is 25.6. The van der Waals surface area contributed by atoms with Crippen molar-refractivity contribution < 1.29 is 32.1 Å². The maximum atomic E-state index is 13.1. The van der Waals surface area contributed by atoms with E-state index in [0.29, 0.717) is 34.2 Å². The number of anilines is 2. The van der Waals surface area contributed by atoms with Crippen molar-refractivity contribution in [2.75, 3.05) is 46.0 Å². The maximum Gasteiger partial charge on any atom is 0.262 e. The summed E-state index contributed by atoms with van der Waals surface area (Å²) in [5.41, 5.74) is 7.64. The van der Waals surface area contributed by atoms with E-state index in [1.807, 2.05) is 0 Å². The number of hydrogen-bond acceptors (Lipinski definition) is 8. The summed E-state index contributed by atoms with van der Waals surface area (Å²) < 4.78 is 55.9. The van der Waals surface area contributed by atoms with Crippen LogP contribution in [0.5, 0.6) is 28.7 Å². The third kappa shape index (κ3) is 5.55. The van der Waals surface area contributed by atoms with Crippen LogP contribution in [0.1, 0.15) is 11.1 Å². The summed E-state index contributed by atoms with van der Waals surface area (Å²) in [6, 6.07) is 12.8. The Morgan fingerprint density at radius 3 is 1.80 bits per heavy atom. The molecule has 10 heteroatoms. The molecule has 0 atom stereocenters. The number of ether oxygens (including phenoxy) is 5. The molecule has 0 fully saturated rings. The van der Waals surface area contributed by atoms with Crippen molar-refractivity contribution in [2.24, 2.45) is 0 Å². The van der Waals surface area contributed by atoms with Gasteiger partial charge in [0, 0.05) is 11.3 Å². The number of nitrogens with two attached hydrogens (primary N) is 1. The average Bonchev–Trinajstić information content (AvgIpc) is 2.86. The summed E-state index contributed by atoms with van der Waals surface area (Å²) in [6.07, 6.45) is 3.52. The van der Waals surface area contributed by atoms with Crippen LogP contribution < -0.4 is 34.1 Å². The van der Waals surface area contributed by atoms with Crippen LogP contribution in [0.15, 0.2) is 53.4 Å². The van der Waals surface area contributed by atoms with Gasteiger partial charge in [-0.05, 0) is 54.1 Å². The molecular weight excluding hydrogens is 472 g/mol. The summed E-state index contributed by atoms with van der Waals surface area (Å²) in [7, 11) is 3.54. The van der Waals surface area contributed by atoms with E-state index < -0.39 is 10.0 Å². The van der Waals surface area contributed by atoms with Gasteiger partial charge in [0.15, 0.2) is 23.0 Å². The SMILES string of the molecule is COc1cc(C=Cc2ccc(OC)c(OC)c2NS(=O)(=O)c2ccc(N)cc2)cc(OC)c1OC. The molecule has 3 aromatic rings. The predicted octanol–water partition coefficient (Wildman–Crippen LogP) is 4.28. The highest BCUT2D eigenvalue weighted by atomic mass is 32.2. The van der Waals surface area contributed by atoms with Crippen molar-refractivity contribution in [3.05, 3.63) is 59.7 Å². The molecule has 0 saturated heterocycles. The molecule has 0 aromatic heterocycles. The van der Waals surface area contributed by atoms with Gasteiger partial charge in [-0.15, -0.1) is 0 Å². The summed E-state index contributed by atoms with van der Waals surface area (Å²) in [5, 5.41) is 0. The fourth-order valence-corrected chi connectivity index (χ4v) is 4.50. The molecule has 0 saturated carbocycles. The lowest BCUT2D eigenvalue weighted by atomic mass is 10.1. The summed E-state index contributed by atoms with van der Waals surface area (Å²) in [4.78, 5) is 0.0520. The minimum absolute atomic E-state index is 0.0520. The first-order valence-corrected chi connectivity index (χ1v) is 11.9. The first-order valence-electron chi connectivity index (χ1n) is 10.4. The van der Waals surface area contributed by atoms with Gasteiger partial charge in [-0.2, -0.15) is 0 Å². The number of benzene rings is 3. The Bertz CT molecular complexity index is 1300. The van der Waals surface area contributed by atoms with Gasteiger partial charge in [-0.25, -0.2) is 8.42 Å². The number of rotatable bonds is 10. The smallest absolute Gasteiger partial charge is 0.262 e. The lowest BCUT2D eigenvalue weighted by molar-refractivity contribution is 0.324. The fraction of sp³-hybridized carbons (Fsp3) is 0.200. The lowest BCUT2D eigenvalue weighted by Gasteiger charge is -2.17. The number of sulfonamides is 1. The summed E-state index contributed by atoms with van der Waals surface area (Å²) in [6.45, 7) is 0. The van der Waals surface area contributed by atoms with Crippen molar-refractivity contribution >= 4 is 33.6 Å². The number of methoxy groups -OCH3 is 5. The van der Waals surface area contributed by atoms with Crippen LogP contribution in [0, 0.1) is 0 Å². The van der Waals surface area contributed by atoms with E-state index in [2.05, 4.69) is 4.72 Å². The van der Waals surface area contributed by atoms with Crippen LogP contribution in [0.4, 0.5) is 11.4 Å². The van der Waals surface area contributed by atoms with Gasteiger partial charge >= 0.3 is 0 Å². The van der Waals surface area contributed by atoms with E-state index >= 15 is 0 Å². The van der Waals surface area contributed by atoms with Gasteiger partial charge in [0.25, 0.3) is 10.0 Å². The van der Waals surface area contributed by atoms with Crippen molar-refractivity contribution in [3.63, 3.8) is 0 Å². The van der Waals surface area contributed by atoms with Gasteiger partial charge in [-0.1, -0.05) is 12.2 Å². The van der Waals surface area contributed by atoms with Crippen LogP contribution in [0.3, 0.4) is 0 Å². The third-order valence-corrected chi connectivity index (χ3v) is 6.51. The van der Waals surface area contributed by atoms with Crippen LogP contribution in [-0.4, -0.2) is 44.0 Å². The van der Waals surface area contributed by atoms with E-state index in [1.165, 1.54) is 59.8 Å². The zero-order chi connectivity index (χ0) is 25.6. The predicted molar refractivity (Wildman–Crippen MR) is 136 cm³/mol. The van der Waals surface area contributed by atoms with Gasteiger partial charge in [-0.3, -0.25) is 4.72 Å². The molecule has 35 heavy (non-hydrogen) atoms. The highest BCUT2D eigenvalue weighted by Crippen LogP contribution is 2.41. The number of hydrogen-bond donors (Lipinski definition) is 2. The van der Waals surface area contributed by atoms with E-state index in [9.17, 15) is 8.42 Å². The molecule has 0 unspecified atom stereocenters. The standard InChI is InChI=1S/C25H28N2O7S/c1-30-20-13-8-17(7-6-16-14-21(31-2)24(33-4)22(15-16)32-3)23(25(20)34-5)27-35(28,29)19-11-9-18(26)10-12-19/h6-15,27H,26H2,1-5H3. The molecule has 186 valence electrons. The largest absolute Gasteiger partial charge is 0.493 e. The van der Waals surface area contributed by atoms with E-state index in [1.54, 1.807) is 36.4 Å². The quantitative estimate of drug-likeness (QED) is 0.313. The molecule has 0 bridgehead atoms. The van der Waals surface area contributed by atoms with E-state index in [4.69, 9.17) is 29.4 Å². The molecule has 0 spiro atoms. The second-order valence-electron chi connectivity index (χ2n) is 7.23. The highest BCUT2D eigenvalue weighted by molar-refractivity contribution is 7.92. The second-order valence-corrected chi connectivity index (χ2v) is 8.91. The summed E-state index contributed by atoms with van der Waals surface area (Å²) >= 11 is 0. The molecule has 0 radical (unpaired) electrons. The van der Waals surface area contributed by atoms with Crippen LogP contribution in [0.25, 0.3) is 12.2 Å². The van der Waals surface area contributed by atoms with Crippen molar-refractivity contribution in [1.29, 1.82) is 0 Å². The van der Waals surface area contributed by atoms with Crippen molar-refractivity contribution in [3.8, 4) is 28.7 Å². The van der Waals surface area contributed by atoms with E-state index in [0.717, 1.165) is 5.56 Å². The van der Waals surface area contributed by atoms with Crippen molar-refractivity contribution in [2.45, 2.75) is 4.90 Å². The van der Waals surface area contributed by atoms with Crippen molar-refractivity contribution in [1.82, 2.24) is 0 Å². The molecule has 0 aliphatic rings. The third-order valence-electron chi connectivity index (χ3n) is 5.15. The number of nitrogen functional groups attached to an aromatic ring is 1. The first-order chi connectivity index (χ1) is 16.8. The Hall–Kier alpha value is -4.05. The maximum absolute atomic E-state index is 13.1. The Balaban J connectivity index is 2.10. The molecule has 0 aliphatic carbocycles. The zero-order valence-corrected chi connectivity index (χ0v) is 20.9. The van der Waals surface area contributed by atoms with Gasteiger partial charge in [0.2, 0.25) is 5.75 Å². The minimum Gasteiger partial charge on any atom is -0.493 e. The van der Waals surface area contributed by atoms with Gasteiger partial charge in [0.1, 0.15) is 5.69 Å². The molecule has 0 heterocycles. The minimum atomic E-state index is -3.95. The highest BCUT2D eigenvalue weighted by Gasteiger charge is 2.21. The Morgan fingerprint density at radius 2 is 1.29 bits per heavy atom. The Kier molecular flexibility index (Phi) is 7.98. The Morgan fingerprint density at radius 1 is 0.714 bits per heavy atom. The molecule has 3 N–H and O–H groups in total.